The van der Waals surface area contributed by atoms with Crippen LogP contribution in [0.1, 0.15) is 25.7 Å². The lowest BCUT2D eigenvalue weighted by atomic mass is 10.0. The molecule has 0 heterocycles. The topological polar surface area (TPSA) is 18.5 Å². The fourth-order valence-electron chi connectivity index (χ4n) is 3.43. The van der Waals surface area contributed by atoms with Crippen molar-refractivity contribution in [3.05, 3.63) is 34.6 Å². The molecule has 3 rings (SSSR count). The highest BCUT2D eigenvalue weighted by molar-refractivity contribution is 5.50. The summed E-state index contributed by atoms with van der Waals surface area (Å²) in [6, 6.07) is 0. The summed E-state index contributed by atoms with van der Waals surface area (Å²) in [6.45, 7) is 0.402. The van der Waals surface area contributed by atoms with Gasteiger partial charge in [0.15, 0.2) is 0 Å². The van der Waals surface area contributed by atoms with Gasteiger partial charge in [-0.1, -0.05) is 12.0 Å². The second-order valence-corrected chi connectivity index (χ2v) is 5.12. The molecule has 0 bridgehead atoms. The molecule has 94 valence electrons. The molecule has 0 aliphatic heterocycles. The lowest BCUT2D eigenvalue weighted by molar-refractivity contribution is 0.0953. The van der Waals surface area contributed by atoms with E-state index in [1.165, 1.54) is 24.0 Å². The molecule has 0 aromatic heterocycles. The molecule has 2 atom stereocenters. The standard InChI is InChI=1S/C16H18O2/c1-3-8-18-15-9-12-5-4-11-6-7-13(17-2)10-14(15)16(11)12/h1,6-7,12,15H,4-5,8-10H2,2H3/t12-,15+/m0/s1. The van der Waals surface area contributed by atoms with E-state index in [-0.39, 0.29) is 6.10 Å². The highest BCUT2D eigenvalue weighted by Crippen LogP contribution is 2.50. The SMILES string of the molecule is C#CCO[C@@H]1C[C@@H]2CCC3=CC=C(OC)CC1=C32. The quantitative estimate of drug-likeness (QED) is 0.708. The van der Waals surface area contributed by atoms with E-state index in [0.717, 1.165) is 18.6 Å². The predicted octanol–water partition coefficient (Wildman–Crippen LogP) is 2.98. The molecule has 0 spiro atoms. The maximum absolute atomic E-state index is 5.82. The fraction of sp³-hybridized carbons (Fsp3) is 0.500. The van der Waals surface area contributed by atoms with Crippen molar-refractivity contribution >= 4 is 0 Å². The van der Waals surface area contributed by atoms with Gasteiger partial charge >= 0.3 is 0 Å². The molecule has 0 amide bonds. The number of methoxy groups -OCH3 is 1. The predicted molar refractivity (Wildman–Crippen MR) is 70.7 cm³/mol. The van der Waals surface area contributed by atoms with Crippen molar-refractivity contribution in [3.8, 4) is 12.3 Å². The summed E-state index contributed by atoms with van der Waals surface area (Å²) in [5, 5.41) is 0. The van der Waals surface area contributed by atoms with Crippen LogP contribution in [0.25, 0.3) is 0 Å². The van der Waals surface area contributed by atoms with Crippen LogP contribution in [-0.2, 0) is 9.47 Å². The molecule has 0 unspecified atom stereocenters. The molecule has 0 N–H and O–H groups in total. The van der Waals surface area contributed by atoms with Gasteiger partial charge in [-0.2, -0.15) is 0 Å². The van der Waals surface area contributed by atoms with Crippen molar-refractivity contribution in [1.29, 1.82) is 0 Å². The minimum absolute atomic E-state index is 0.196. The minimum Gasteiger partial charge on any atom is -0.501 e. The third kappa shape index (κ3) is 1.79. The average Bonchev–Trinajstić information content (AvgIpc) is 2.85. The number of terminal acetylenes is 1. The van der Waals surface area contributed by atoms with Crippen molar-refractivity contribution < 1.29 is 9.47 Å². The molecule has 2 heteroatoms. The lowest BCUT2D eigenvalue weighted by Crippen LogP contribution is -2.14. The number of rotatable bonds is 3. The maximum Gasteiger partial charge on any atom is 0.108 e. The van der Waals surface area contributed by atoms with E-state index in [4.69, 9.17) is 15.9 Å². The molecule has 3 aliphatic rings. The van der Waals surface area contributed by atoms with Crippen LogP contribution in [0.5, 0.6) is 0 Å². The molecule has 3 aliphatic carbocycles. The summed E-state index contributed by atoms with van der Waals surface area (Å²) in [4.78, 5) is 0. The van der Waals surface area contributed by atoms with Crippen molar-refractivity contribution in [2.45, 2.75) is 31.8 Å². The van der Waals surface area contributed by atoms with Crippen molar-refractivity contribution in [1.82, 2.24) is 0 Å². The summed E-state index contributed by atoms with van der Waals surface area (Å²) in [6.07, 6.45) is 14.2. The molecule has 1 saturated carbocycles. The van der Waals surface area contributed by atoms with E-state index < -0.39 is 0 Å². The normalized spacial score (nSPS) is 29.3. The first-order valence-electron chi connectivity index (χ1n) is 6.55. The molecule has 0 saturated heterocycles. The number of ether oxygens (including phenoxy) is 2. The van der Waals surface area contributed by atoms with E-state index in [9.17, 15) is 0 Å². The third-order valence-electron chi connectivity index (χ3n) is 4.21. The summed E-state index contributed by atoms with van der Waals surface area (Å²) in [7, 11) is 1.74. The molecule has 2 nitrogen and oxygen atoms in total. The summed E-state index contributed by atoms with van der Waals surface area (Å²) >= 11 is 0. The van der Waals surface area contributed by atoms with E-state index in [1.807, 2.05) is 0 Å². The molecule has 18 heavy (non-hydrogen) atoms. The van der Waals surface area contributed by atoms with Gasteiger partial charge in [-0.3, -0.25) is 0 Å². The van der Waals surface area contributed by atoms with E-state index in [2.05, 4.69) is 18.1 Å². The van der Waals surface area contributed by atoms with Crippen LogP contribution in [0.2, 0.25) is 0 Å². The maximum atomic E-state index is 5.82. The number of hydrogen-bond acceptors (Lipinski definition) is 2. The van der Waals surface area contributed by atoms with E-state index in [0.29, 0.717) is 12.5 Å². The van der Waals surface area contributed by atoms with Gasteiger partial charge in [0.25, 0.3) is 0 Å². The monoisotopic (exact) mass is 242 g/mol. The van der Waals surface area contributed by atoms with Gasteiger partial charge < -0.3 is 9.47 Å². The van der Waals surface area contributed by atoms with Crippen LogP contribution in [-0.4, -0.2) is 19.8 Å². The highest BCUT2D eigenvalue weighted by atomic mass is 16.5. The van der Waals surface area contributed by atoms with Gasteiger partial charge in [0, 0.05) is 6.42 Å². The smallest absolute Gasteiger partial charge is 0.108 e. The first-order valence-corrected chi connectivity index (χ1v) is 6.55. The zero-order chi connectivity index (χ0) is 12.5. The van der Waals surface area contributed by atoms with E-state index >= 15 is 0 Å². The van der Waals surface area contributed by atoms with Gasteiger partial charge in [0.05, 0.1) is 19.0 Å². The van der Waals surface area contributed by atoms with Crippen molar-refractivity contribution in [3.63, 3.8) is 0 Å². The van der Waals surface area contributed by atoms with Crippen LogP contribution >= 0.6 is 0 Å². The fourth-order valence-corrected chi connectivity index (χ4v) is 3.43. The Morgan fingerprint density at radius 3 is 3.11 bits per heavy atom. The zero-order valence-electron chi connectivity index (χ0n) is 10.7. The van der Waals surface area contributed by atoms with Crippen LogP contribution in [0.3, 0.4) is 0 Å². The van der Waals surface area contributed by atoms with E-state index in [1.54, 1.807) is 12.7 Å². The molecular formula is C16H18O2. The summed E-state index contributed by atoms with van der Waals surface area (Å²) in [5.41, 5.74) is 4.43. The van der Waals surface area contributed by atoms with Crippen molar-refractivity contribution in [2.24, 2.45) is 5.92 Å². The number of allylic oxidation sites excluding steroid dienone is 5. The average molecular weight is 242 g/mol. The lowest BCUT2D eigenvalue weighted by Gasteiger charge is -2.16. The Hall–Kier alpha value is -1.46. The van der Waals surface area contributed by atoms with Crippen LogP contribution in [0, 0.1) is 18.3 Å². The second kappa shape index (κ2) is 4.66. The largest absolute Gasteiger partial charge is 0.501 e. The zero-order valence-corrected chi connectivity index (χ0v) is 10.7. The van der Waals surface area contributed by atoms with Crippen LogP contribution in [0.15, 0.2) is 34.6 Å². The Morgan fingerprint density at radius 1 is 1.44 bits per heavy atom. The molecule has 0 aromatic rings. The van der Waals surface area contributed by atoms with Gasteiger partial charge in [0.2, 0.25) is 0 Å². The summed E-state index contributed by atoms with van der Waals surface area (Å²) < 4.78 is 11.2. The first-order chi connectivity index (χ1) is 8.83. The molecule has 0 aromatic carbocycles. The summed E-state index contributed by atoms with van der Waals surface area (Å²) in [5.74, 6) is 4.27. The van der Waals surface area contributed by atoms with Gasteiger partial charge in [-0.25, -0.2) is 0 Å². The Balaban J connectivity index is 1.93. The Labute approximate surface area is 108 Å². The Bertz CT molecular complexity index is 488. The number of hydrogen-bond donors (Lipinski definition) is 0. The Kier molecular flexibility index (Phi) is 3.01. The molecule has 0 radical (unpaired) electrons. The first kappa shape index (κ1) is 11.6. The molecular weight excluding hydrogens is 224 g/mol. The van der Waals surface area contributed by atoms with Gasteiger partial charge in [-0.15, -0.1) is 6.42 Å². The van der Waals surface area contributed by atoms with Crippen LogP contribution in [0.4, 0.5) is 0 Å². The highest BCUT2D eigenvalue weighted by Gasteiger charge is 2.39. The van der Waals surface area contributed by atoms with Gasteiger partial charge in [-0.05, 0) is 48.0 Å². The third-order valence-corrected chi connectivity index (χ3v) is 4.21. The van der Waals surface area contributed by atoms with Crippen molar-refractivity contribution in [2.75, 3.05) is 13.7 Å². The Morgan fingerprint density at radius 2 is 2.33 bits per heavy atom. The minimum atomic E-state index is 0.196. The van der Waals surface area contributed by atoms with Crippen LogP contribution < -0.4 is 0 Å². The second-order valence-electron chi connectivity index (χ2n) is 5.12. The molecule has 1 fully saturated rings. The van der Waals surface area contributed by atoms with Gasteiger partial charge in [0.1, 0.15) is 6.61 Å².